The number of carbonyl (C=O) groups is 2. The van der Waals surface area contributed by atoms with Gasteiger partial charge >= 0.3 is 6.18 Å². The van der Waals surface area contributed by atoms with Crippen LogP contribution in [0.1, 0.15) is 55.2 Å². The Labute approximate surface area is 228 Å². The van der Waals surface area contributed by atoms with E-state index < -0.39 is 30.1 Å². The minimum Gasteiger partial charge on any atom is -0.486 e. The predicted molar refractivity (Wildman–Crippen MR) is 140 cm³/mol. The first-order valence-corrected chi connectivity index (χ1v) is 13.1. The smallest absolute Gasteiger partial charge is 0.416 e. The van der Waals surface area contributed by atoms with E-state index in [-0.39, 0.29) is 46.3 Å². The molecule has 0 bridgehead atoms. The monoisotopic (exact) mass is 564 g/mol. The van der Waals surface area contributed by atoms with Crippen molar-refractivity contribution in [2.45, 2.75) is 58.4 Å². The number of benzene rings is 1. The molecule has 1 aliphatic heterocycles. The van der Waals surface area contributed by atoms with Crippen molar-refractivity contribution in [1.29, 1.82) is 0 Å². The third-order valence-corrected chi connectivity index (χ3v) is 7.03. The van der Waals surface area contributed by atoms with Crippen LogP contribution in [-0.2, 0) is 24.4 Å². The number of ether oxygens (including phenoxy) is 1. The van der Waals surface area contributed by atoms with E-state index in [1.54, 1.807) is 36.4 Å². The number of halogens is 4. The molecule has 1 fully saturated rings. The molecule has 0 atom stereocenters. The summed E-state index contributed by atoms with van der Waals surface area (Å²) < 4.78 is 62.1. The quantitative estimate of drug-likeness (QED) is 0.413. The van der Waals surface area contributed by atoms with Crippen LogP contribution >= 0.6 is 0 Å². The van der Waals surface area contributed by atoms with Gasteiger partial charge in [-0.05, 0) is 62.9 Å². The molecule has 1 saturated heterocycles. The minimum atomic E-state index is -4.69. The van der Waals surface area contributed by atoms with Crippen LogP contribution in [0.2, 0.25) is 0 Å². The molecule has 0 spiro atoms. The molecule has 0 unspecified atom stereocenters. The zero-order valence-electron chi connectivity index (χ0n) is 22.7. The lowest BCUT2D eigenvalue weighted by molar-refractivity contribution is -0.138. The number of nitrogens with one attached hydrogen (secondary N) is 1. The highest BCUT2D eigenvalue weighted by molar-refractivity contribution is 6.03. The first-order chi connectivity index (χ1) is 18.8. The molecule has 12 heteroatoms. The number of nitrogens with zero attached hydrogens (tertiary/aromatic N) is 3. The fourth-order valence-electron chi connectivity index (χ4n) is 4.97. The molecule has 1 aliphatic rings. The van der Waals surface area contributed by atoms with E-state index in [2.05, 4.69) is 10.3 Å². The molecule has 0 aliphatic carbocycles. The topological polar surface area (TPSA) is 96.7 Å². The molecule has 216 valence electrons. The zero-order chi connectivity index (χ0) is 29.4. The maximum atomic E-state index is 15.0. The normalized spacial score (nSPS) is 14.7. The van der Waals surface area contributed by atoms with Crippen molar-refractivity contribution in [2.75, 3.05) is 19.7 Å². The summed E-state index contributed by atoms with van der Waals surface area (Å²) >= 11 is 0. The summed E-state index contributed by atoms with van der Waals surface area (Å²) in [7, 11) is 1.69. The molecule has 4 rings (SSSR count). The number of amides is 2. The number of fused-ring (bicyclic) bond motifs is 1. The lowest BCUT2D eigenvalue weighted by Gasteiger charge is -2.32. The van der Waals surface area contributed by atoms with Crippen molar-refractivity contribution in [3.63, 3.8) is 0 Å². The van der Waals surface area contributed by atoms with Gasteiger partial charge in [-0.15, -0.1) is 0 Å². The van der Waals surface area contributed by atoms with Gasteiger partial charge in [0.25, 0.3) is 5.91 Å². The van der Waals surface area contributed by atoms with Crippen LogP contribution in [0.15, 0.2) is 24.3 Å². The molecule has 0 saturated carbocycles. The van der Waals surface area contributed by atoms with E-state index in [0.717, 1.165) is 12.1 Å². The maximum absolute atomic E-state index is 15.0. The van der Waals surface area contributed by atoms with Crippen molar-refractivity contribution >= 4 is 22.8 Å². The third kappa shape index (κ3) is 5.77. The Hall–Kier alpha value is -3.67. The molecular formula is C28H32F4N4O4. The Bertz CT molecular complexity index is 1430. The zero-order valence-corrected chi connectivity index (χ0v) is 22.7. The van der Waals surface area contributed by atoms with E-state index in [1.807, 2.05) is 6.92 Å². The molecule has 3 aromatic rings. The molecule has 2 N–H and O–H groups in total. The molecule has 2 aromatic heterocycles. The Morgan fingerprint density at radius 3 is 2.42 bits per heavy atom. The van der Waals surface area contributed by atoms with Gasteiger partial charge in [-0.1, -0.05) is 6.92 Å². The summed E-state index contributed by atoms with van der Waals surface area (Å²) in [6.07, 6.45) is -3.59. The van der Waals surface area contributed by atoms with E-state index >= 15 is 0 Å². The Kier molecular flexibility index (Phi) is 8.38. The summed E-state index contributed by atoms with van der Waals surface area (Å²) in [5, 5.41) is 12.1. The Morgan fingerprint density at radius 2 is 1.88 bits per heavy atom. The highest BCUT2D eigenvalue weighted by Gasteiger charge is 2.32. The second-order valence-electron chi connectivity index (χ2n) is 10.1. The summed E-state index contributed by atoms with van der Waals surface area (Å²) in [6, 6.07) is 3.88. The van der Waals surface area contributed by atoms with E-state index in [1.165, 1.54) is 0 Å². The first-order valence-electron chi connectivity index (χ1n) is 13.1. The van der Waals surface area contributed by atoms with Crippen LogP contribution in [-0.4, -0.2) is 63.2 Å². The molecular weight excluding hydrogens is 532 g/mol. The van der Waals surface area contributed by atoms with Crippen LogP contribution in [0.3, 0.4) is 0 Å². The van der Waals surface area contributed by atoms with Crippen LogP contribution in [0.25, 0.3) is 22.3 Å². The molecule has 1 aromatic carbocycles. The number of aliphatic hydroxyl groups excluding tert-OH is 1. The van der Waals surface area contributed by atoms with Gasteiger partial charge < -0.3 is 24.6 Å². The molecule has 3 heterocycles. The molecule has 2 amide bonds. The van der Waals surface area contributed by atoms with Crippen molar-refractivity contribution in [2.24, 2.45) is 7.05 Å². The van der Waals surface area contributed by atoms with Gasteiger partial charge in [0.1, 0.15) is 17.9 Å². The molecule has 8 nitrogen and oxygen atoms in total. The van der Waals surface area contributed by atoms with Crippen LogP contribution in [0.4, 0.5) is 17.6 Å². The number of aliphatic hydroxyl groups is 1. The fraction of sp³-hybridized carbons (Fsp3) is 0.464. The number of likely N-dealkylation sites (tertiary alicyclic amines) is 1. The second-order valence-corrected chi connectivity index (χ2v) is 10.1. The lowest BCUT2D eigenvalue weighted by Crippen LogP contribution is -2.47. The number of hydrogen-bond donors (Lipinski definition) is 2. The number of rotatable bonds is 7. The van der Waals surface area contributed by atoms with Crippen molar-refractivity contribution in [1.82, 2.24) is 19.8 Å². The number of alkyl halides is 3. The number of aryl methyl sites for hydroxylation is 2. The van der Waals surface area contributed by atoms with Crippen molar-refractivity contribution in [3.8, 4) is 17.0 Å². The number of pyridine rings is 1. The largest absolute Gasteiger partial charge is 0.486 e. The minimum absolute atomic E-state index is 0.0821. The van der Waals surface area contributed by atoms with Gasteiger partial charge in [-0.3, -0.25) is 9.59 Å². The number of carbonyl (C=O) groups excluding carboxylic acids is 2. The van der Waals surface area contributed by atoms with E-state index in [4.69, 9.17) is 9.84 Å². The lowest BCUT2D eigenvalue weighted by atomic mass is 10.0. The van der Waals surface area contributed by atoms with Gasteiger partial charge in [-0.2, -0.15) is 13.2 Å². The maximum Gasteiger partial charge on any atom is 0.416 e. The summed E-state index contributed by atoms with van der Waals surface area (Å²) in [6.45, 7) is 5.63. The summed E-state index contributed by atoms with van der Waals surface area (Å²) in [5.74, 6) is -1.63. The van der Waals surface area contributed by atoms with Crippen molar-refractivity contribution in [3.05, 3.63) is 46.9 Å². The average Bonchev–Trinajstić information content (AvgIpc) is 3.17. The highest BCUT2D eigenvalue weighted by Crippen LogP contribution is 2.38. The Balaban J connectivity index is 1.76. The van der Waals surface area contributed by atoms with Gasteiger partial charge in [0.05, 0.1) is 22.9 Å². The van der Waals surface area contributed by atoms with Crippen molar-refractivity contribution < 1.29 is 37.0 Å². The van der Waals surface area contributed by atoms with Gasteiger partial charge in [0, 0.05) is 31.7 Å². The summed E-state index contributed by atoms with van der Waals surface area (Å²) in [4.78, 5) is 31.5. The van der Waals surface area contributed by atoms with Crippen LogP contribution in [0.5, 0.6) is 5.75 Å². The Morgan fingerprint density at radius 1 is 1.20 bits per heavy atom. The number of hydrogen-bond acceptors (Lipinski definition) is 5. The van der Waals surface area contributed by atoms with E-state index in [0.29, 0.717) is 49.5 Å². The molecule has 40 heavy (non-hydrogen) atoms. The SMILES string of the molecule is CCc1cc2c(nc1-c1ccc(C(F)(F)F)cc1F)c(OC(C)C)c(C(=O)NC1CCN(C(=O)CO)CC1)n2C. The van der Waals surface area contributed by atoms with Crippen LogP contribution in [0, 0.1) is 5.82 Å². The highest BCUT2D eigenvalue weighted by atomic mass is 19.4. The third-order valence-electron chi connectivity index (χ3n) is 7.03. The van der Waals surface area contributed by atoms with Gasteiger partial charge in [0.2, 0.25) is 5.91 Å². The predicted octanol–water partition coefficient (Wildman–Crippen LogP) is 4.46. The summed E-state index contributed by atoms with van der Waals surface area (Å²) in [5.41, 5.74) is 0.637. The number of piperidine rings is 1. The first kappa shape index (κ1) is 29.3. The average molecular weight is 565 g/mol. The molecule has 0 radical (unpaired) electrons. The van der Waals surface area contributed by atoms with Gasteiger partial charge in [-0.25, -0.2) is 9.37 Å². The van der Waals surface area contributed by atoms with Crippen LogP contribution < -0.4 is 10.1 Å². The number of aromatic nitrogens is 2. The fourth-order valence-corrected chi connectivity index (χ4v) is 4.97. The standard InChI is InChI=1S/C28H32F4N4O4/c1-5-16-12-21-24(34-23(16)19-7-6-17(13-20(19)29)28(30,31)32)26(40-15(2)3)25(35(21)4)27(39)33-18-8-10-36(11-9-18)22(38)14-37/h6-7,12-13,15,18,37H,5,8-11,14H2,1-4H3,(H,33,39). The van der Waals surface area contributed by atoms with Gasteiger partial charge in [0.15, 0.2) is 11.4 Å². The van der Waals surface area contributed by atoms with E-state index in [9.17, 15) is 27.2 Å². The second kappa shape index (κ2) is 11.4.